The first-order chi connectivity index (χ1) is 9.52. The summed E-state index contributed by atoms with van der Waals surface area (Å²) >= 11 is 3.32. The molecule has 0 radical (unpaired) electrons. The maximum Gasteiger partial charge on any atom is 0.244 e. The molecular weight excluding hydrogens is 322 g/mol. The fourth-order valence-corrected chi connectivity index (χ4v) is 2.26. The lowest BCUT2D eigenvalue weighted by molar-refractivity contribution is -0.124. The number of aromatic nitrogens is 4. The summed E-state index contributed by atoms with van der Waals surface area (Å²) in [5.74, 6) is -0.0655. The normalized spacial score (nSPS) is 12.4. The molecule has 7 heteroatoms. The number of nitrogens with one attached hydrogen (secondary N) is 1. The number of rotatable bonds is 5. The lowest BCUT2D eigenvalue weighted by Gasteiger charge is -2.12. The highest BCUT2D eigenvalue weighted by Gasteiger charge is 2.16. The van der Waals surface area contributed by atoms with Crippen LogP contribution in [0.5, 0.6) is 0 Å². The van der Waals surface area contributed by atoms with Crippen molar-refractivity contribution in [1.29, 1.82) is 0 Å². The van der Waals surface area contributed by atoms with Crippen molar-refractivity contribution in [3.05, 3.63) is 34.3 Å². The molecule has 0 aromatic carbocycles. The van der Waals surface area contributed by atoms with Gasteiger partial charge in [-0.1, -0.05) is 0 Å². The first-order valence-corrected chi connectivity index (χ1v) is 7.30. The molecule has 0 spiro atoms. The number of carbonyl (C=O) groups excluding carboxylic acids is 1. The summed E-state index contributed by atoms with van der Waals surface area (Å²) in [4.78, 5) is 12.1. The highest BCUT2D eigenvalue weighted by Crippen LogP contribution is 2.12. The van der Waals surface area contributed by atoms with Crippen molar-refractivity contribution in [2.24, 2.45) is 0 Å². The zero-order valence-corrected chi connectivity index (χ0v) is 13.4. The van der Waals surface area contributed by atoms with Crippen LogP contribution in [0.2, 0.25) is 0 Å². The zero-order valence-electron chi connectivity index (χ0n) is 11.8. The van der Waals surface area contributed by atoms with E-state index in [0.29, 0.717) is 6.54 Å². The van der Waals surface area contributed by atoms with Gasteiger partial charge in [-0.05, 0) is 36.7 Å². The Bertz CT molecular complexity index is 604. The van der Waals surface area contributed by atoms with Crippen LogP contribution in [0.25, 0.3) is 0 Å². The molecule has 2 aromatic rings. The molecule has 2 heterocycles. The average molecular weight is 340 g/mol. The molecule has 0 aliphatic rings. The Morgan fingerprint density at radius 2 is 2.20 bits per heavy atom. The quantitative estimate of drug-likeness (QED) is 0.906. The number of aryl methyl sites for hydroxylation is 1. The zero-order chi connectivity index (χ0) is 14.7. The van der Waals surface area contributed by atoms with Crippen LogP contribution in [0.3, 0.4) is 0 Å². The van der Waals surface area contributed by atoms with Gasteiger partial charge in [0, 0.05) is 30.5 Å². The van der Waals surface area contributed by atoms with Crippen molar-refractivity contribution in [2.45, 2.75) is 39.9 Å². The SMILES string of the molecule is CCn1ncc(CNC(=O)C(C)n2cc(Br)cn2)c1C. The monoisotopic (exact) mass is 339 g/mol. The van der Waals surface area contributed by atoms with Crippen LogP contribution in [-0.4, -0.2) is 25.5 Å². The first kappa shape index (κ1) is 14.8. The number of carbonyl (C=O) groups is 1. The smallest absolute Gasteiger partial charge is 0.244 e. The molecule has 2 aromatic heterocycles. The summed E-state index contributed by atoms with van der Waals surface area (Å²) in [7, 11) is 0. The van der Waals surface area contributed by atoms with E-state index in [9.17, 15) is 4.79 Å². The second-order valence-corrected chi connectivity index (χ2v) is 5.52. The highest BCUT2D eigenvalue weighted by atomic mass is 79.9. The molecule has 0 aliphatic heterocycles. The summed E-state index contributed by atoms with van der Waals surface area (Å²) in [5.41, 5.74) is 2.12. The molecule has 1 atom stereocenters. The summed E-state index contributed by atoms with van der Waals surface area (Å²) in [6.07, 6.45) is 5.25. The molecule has 0 bridgehead atoms. The lowest BCUT2D eigenvalue weighted by atomic mass is 10.2. The van der Waals surface area contributed by atoms with Crippen LogP contribution in [0.15, 0.2) is 23.1 Å². The van der Waals surface area contributed by atoms with Crippen molar-refractivity contribution in [2.75, 3.05) is 0 Å². The largest absolute Gasteiger partial charge is 0.350 e. The third-order valence-electron chi connectivity index (χ3n) is 3.30. The summed E-state index contributed by atoms with van der Waals surface area (Å²) in [6, 6.07) is -0.345. The van der Waals surface area contributed by atoms with Gasteiger partial charge >= 0.3 is 0 Å². The van der Waals surface area contributed by atoms with Crippen LogP contribution in [-0.2, 0) is 17.9 Å². The topological polar surface area (TPSA) is 64.7 Å². The molecule has 0 saturated carbocycles. The van der Waals surface area contributed by atoms with E-state index in [-0.39, 0.29) is 11.9 Å². The van der Waals surface area contributed by atoms with E-state index in [0.717, 1.165) is 22.3 Å². The summed E-state index contributed by atoms with van der Waals surface area (Å²) in [5, 5.41) is 11.3. The van der Waals surface area contributed by atoms with E-state index < -0.39 is 0 Å². The number of nitrogens with zero attached hydrogens (tertiary/aromatic N) is 4. The Hall–Kier alpha value is -1.63. The van der Waals surface area contributed by atoms with Crippen LogP contribution in [0.1, 0.15) is 31.1 Å². The Balaban J connectivity index is 1.96. The average Bonchev–Trinajstić information content (AvgIpc) is 3.01. The molecule has 1 amide bonds. The molecule has 108 valence electrons. The van der Waals surface area contributed by atoms with Crippen molar-refractivity contribution >= 4 is 21.8 Å². The predicted octanol–water partition coefficient (Wildman–Crippen LogP) is 2.05. The van der Waals surface area contributed by atoms with Crippen LogP contribution in [0.4, 0.5) is 0 Å². The van der Waals surface area contributed by atoms with Gasteiger partial charge in [0.2, 0.25) is 5.91 Å². The molecular formula is C13H18BrN5O. The van der Waals surface area contributed by atoms with E-state index in [2.05, 4.69) is 31.4 Å². The Morgan fingerprint density at radius 1 is 1.45 bits per heavy atom. The first-order valence-electron chi connectivity index (χ1n) is 6.51. The van der Waals surface area contributed by atoms with Crippen LogP contribution < -0.4 is 5.32 Å². The number of amides is 1. The minimum atomic E-state index is -0.345. The summed E-state index contributed by atoms with van der Waals surface area (Å²) in [6.45, 7) is 7.18. The Morgan fingerprint density at radius 3 is 2.75 bits per heavy atom. The minimum Gasteiger partial charge on any atom is -0.350 e. The fraction of sp³-hybridized carbons (Fsp3) is 0.462. The van der Waals surface area contributed by atoms with Gasteiger partial charge in [-0.25, -0.2) is 0 Å². The van der Waals surface area contributed by atoms with E-state index in [1.807, 2.05) is 25.5 Å². The van der Waals surface area contributed by atoms with E-state index in [1.54, 1.807) is 23.3 Å². The summed E-state index contributed by atoms with van der Waals surface area (Å²) < 4.78 is 4.40. The van der Waals surface area contributed by atoms with Gasteiger partial charge in [-0.3, -0.25) is 14.2 Å². The lowest BCUT2D eigenvalue weighted by Crippen LogP contribution is -2.31. The third-order valence-corrected chi connectivity index (χ3v) is 3.71. The molecule has 0 fully saturated rings. The third kappa shape index (κ3) is 3.09. The maximum absolute atomic E-state index is 12.1. The van der Waals surface area contributed by atoms with Crippen LogP contribution in [0, 0.1) is 6.92 Å². The molecule has 1 unspecified atom stereocenters. The van der Waals surface area contributed by atoms with Crippen LogP contribution >= 0.6 is 15.9 Å². The predicted molar refractivity (Wildman–Crippen MR) is 79.1 cm³/mol. The van der Waals surface area contributed by atoms with Gasteiger partial charge < -0.3 is 5.32 Å². The maximum atomic E-state index is 12.1. The van der Waals surface area contributed by atoms with Gasteiger partial charge in [-0.2, -0.15) is 10.2 Å². The van der Waals surface area contributed by atoms with Crippen molar-refractivity contribution in [3.8, 4) is 0 Å². The second-order valence-electron chi connectivity index (χ2n) is 4.60. The Kier molecular flexibility index (Phi) is 4.59. The molecule has 20 heavy (non-hydrogen) atoms. The number of halogens is 1. The fourth-order valence-electron chi connectivity index (χ4n) is 1.95. The molecule has 6 nitrogen and oxygen atoms in total. The van der Waals surface area contributed by atoms with Crippen molar-refractivity contribution in [1.82, 2.24) is 24.9 Å². The van der Waals surface area contributed by atoms with E-state index in [4.69, 9.17) is 0 Å². The Labute approximate surface area is 126 Å². The van der Waals surface area contributed by atoms with E-state index >= 15 is 0 Å². The van der Waals surface area contributed by atoms with Gasteiger partial charge in [0.25, 0.3) is 0 Å². The van der Waals surface area contributed by atoms with E-state index in [1.165, 1.54) is 0 Å². The number of hydrogen-bond acceptors (Lipinski definition) is 3. The standard InChI is InChI=1S/C13H18BrN5O/c1-4-18-9(2)11(6-16-18)5-15-13(20)10(3)19-8-12(14)7-17-19/h6-8,10H,4-5H2,1-3H3,(H,15,20). The van der Waals surface area contributed by atoms with Gasteiger partial charge in [0.05, 0.1) is 16.9 Å². The molecule has 2 rings (SSSR count). The second kappa shape index (κ2) is 6.21. The van der Waals surface area contributed by atoms with Gasteiger partial charge in [0.15, 0.2) is 0 Å². The highest BCUT2D eigenvalue weighted by molar-refractivity contribution is 9.10. The molecule has 0 aliphatic carbocycles. The molecule has 0 saturated heterocycles. The van der Waals surface area contributed by atoms with Gasteiger partial charge in [-0.15, -0.1) is 0 Å². The number of hydrogen-bond donors (Lipinski definition) is 1. The minimum absolute atomic E-state index is 0.0655. The molecule has 1 N–H and O–H groups in total. The van der Waals surface area contributed by atoms with Gasteiger partial charge in [0.1, 0.15) is 6.04 Å². The van der Waals surface area contributed by atoms with Crippen molar-refractivity contribution in [3.63, 3.8) is 0 Å². The van der Waals surface area contributed by atoms with Crippen molar-refractivity contribution < 1.29 is 4.79 Å².